The van der Waals surface area contributed by atoms with Gasteiger partial charge in [-0.3, -0.25) is 4.79 Å². The van der Waals surface area contributed by atoms with E-state index in [4.69, 9.17) is 0 Å². The second kappa shape index (κ2) is 6.77. The molecule has 1 unspecified atom stereocenters. The normalized spacial score (nSPS) is 12.2. The Morgan fingerprint density at radius 2 is 2.18 bits per heavy atom. The molecular weight excluding hydrogens is 280 g/mol. The van der Waals surface area contributed by atoms with E-state index in [9.17, 15) is 4.79 Å². The summed E-state index contributed by atoms with van der Waals surface area (Å²) in [6.45, 7) is 4.74. The van der Waals surface area contributed by atoms with E-state index >= 15 is 0 Å². The van der Waals surface area contributed by atoms with Crippen molar-refractivity contribution in [1.82, 2.24) is 5.32 Å². The predicted molar refractivity (Wildman–Crippen MR) is 75.2 cm³/mol. The van der Waals surface area contributed by atoms with Crippen molar-refractivity contribution in [2.45, 2.75) is 20.3 Å². The maximum Gasteiger partial charge on any atom is 0.228 e. The second-order valence-corrected chi connectivity index (χ2v) is 4.97. The lowest BCUT2D eigenvalue weighted by atomic mass is 10.1. The number of hydrogen-bond acceptors (Lipinski definition) is 2. The van der Waals surface area contributed by atoms with Crippen LogP contribution in [0.3, 0.4) is 0 Å². The number of halogens is 1. The fourth-order valence-corrected chi connectivity index (χ4v) is 1.96. The Hall–Kier alpha value is -0.870. The van der Waals surface area contributed by atoms with Crippen LogP contribution in [0.5, 0.6) is 0 Å². The average Bonchev–Trinajstić information content (AvgIpc) is 2.30. The minimum atomic E-state index is 0.0140. The van der Waals surface area contributed by atoms with Gasteiger partial charge in [-0.2, -0.15) is 0 Å². The van der Waals surface area contributed by atoms with Crippen molar-refractivity contribution in [3.8, 4) is 0 Å². The number of aryl methyl sites for hydroxylation is 1. The Morgan fingerprint density at radius 1 is 1.47 bits per heavy atom. The van der Waals surface area contributed by atoms with Crippen LogP contribution in [0.15, 0.2) is 22.7 Å². The molecular formula is C13H19BrN2O. The molecule has 94 valence electrons. The highest BCUT2D eigenvalue weighted by molar-refractivity contribution is 9.10. The van der Waals surface area contributed by atoms with E-state index in [2.05, 4.69) is 26.6 Å². The number of carbonyl (C=O) groups excluding carboxylic acids is 1. The van der Waals surface area contributed by atoms with Gasteiger partial charge in [-0.15, -0.1) is 0 Å². The maximum absolute atomic E-state index is 12.0. The minimum Gasteiger partial charge on any atom is -0.326 e. The first-order valence-corrected chi connectivity index (χ1v) is 6.59. The Kier molecular flexibility index (Phi) is 5.65. The molecule has 1 amide bonds. The average molecular weight is 299 g/mol. The molecule has 0 bridgehead atoms. The monoisotopic (exact) mass is 298 g/mol. The summed E-state index contributed by atoms with van der Waals surface area (Å²) in [5.41, 5.74) is 1.99. The Morgan fingerprint density at radius 3 is 2.71 bits per heavy atom. The molecule has 0 saturated heterocycles. The van der Waals surface area contributed by atoms with Gasteiger partial charge in [-0.1, -0.05) is 28.9 Å². The molecule has 0 fully saturated rings. The standard InChI is InChI=1S/C13H19BrN2O/c1-4-10(8-15-3)13(17)16-11-6-5-9(2)12(14)7-11/h5-7,10,15H,4,8H2,1-3H3,(H,16,17). The van der Waals surface area contributed by atoms with Crippen LogP contribution in [0.1, 0.15) is 18.9 Å². The quantitative estimate of drug-likeness (QED) is 0.877. The lowest BCUT2D eigenvalue weighted by Gasteiger charge is -2.14. The molecule has 1 aromatic rings. The zero-order valence-electron chi connectivity index (χ0n) is 10.5. The number of carbonyl (C=O) groups is 1. The van der Waals surface area contributed by atoms with Crippen LogP contribution < -0.4 is 10.6 Å². The van der Waals surface area contributed by atoms with Gasteiger partial charge in [0.05, 0.1) is 5.92 Å². The molecule has 1 atom stereocenters. The van der Waals surface area contributed by atoms with Crippen LogP contribution in [0.4, 0.5) is 5.69 Å². The smallest absolute Gasteiger partial charge is 0.228 e. The Bertz CT molecular complexity index is 393. The highest BCUT2D eigenvalue weighted by Gasteiger charge is 2.15. The molecule has 2 N–H and O–H groups in total. The van der Waals surface area contributed by atoms with E-state index in [1.165, 1.54) is 0 Å². The third-order valence-corrected chi connectivity index (χ3v) is 3.61. The van der Waals surface area contributed by atoms with Crippen molar-refractivity contribution < 1.29 is 4.79 Å². The van der Waals surface area contributed by atoms with Crippen LogP contribution in [0.2, 0.25) is 0 Å². The lowest BCUT2D eigenvalue weighted by molar-refractivity contribution is -0.119. The molecule has 17 heavy (non-hydrogen) atoms. The topological polar surface area (TPSA) is 41.1 Å². The number of hydrogen-bond donors (Lipinski definition) is 2. The molecule has 0 aromatic heterocycles. The van der Waals surface area contributed by atoms with Crippen molar-refractivity contribution in [3.05, 3.63) is 28.2 Å². The van der Waals surface area contributed by atoms with Crippen LogP contribution in [-0.2, 0) is 4.79 Å². The number of benzene rings is 1. The minimum absolute atomic E-state index is 0.0140. The van der Waals surface area contributed by atoms with Crippen LogP contribution in [0, 0.1) is 12.8 Å². The molecule has 0 spiro atoms. The van der Waals surface area contributed by atoms with E-state index in [-0.39, 0.29) is 11.8 Å². The molecule has 1 aromatic carbocycles. The van der Waals surface area contributed by atoms with Crippen molar-refractivity contribution in [2.75, 3.05) is 18.9 Å². The van der Waals surface area contributed by atoms with Gasteiger partial charge in [0.1, 0.15) is 0 Å². The van der Waals surface area contributed by atoms with Gasteiger partial charge in [-0.05, 0) is 38.1 Å². The molecule has 0 radical (unpaired) electrons. The summed E-state index contributed by atoms with van der Waals surface area (Å²) in [5.74, 6) is 0.0812. The van der Waals surface area contributed by atoms with Crippen LogP contribution in [0.25, 0.3) is 0 Å². The van der Waals surface area contributed by atoms with E-state index in [1.54, 1.807) is 0 Å². The summed E-state index contributed by atoms with van der Waals surface area (Å²) in [6, 6.07) is 5.84. The van der Waals surface area contributed by atoms with E-state index < -0.39 is 0 Å². The summed E-state index contributed by atoms with van der Waals surface area (Å²) < 4.78 is 1.01. The summed E-state index contributed by atoms with van der Waals surface area (Å²) in [5, 5.41) is 5.97. The fraction of sp³-hybridized carbons (Fsp3) is 0.462. The van der Waals surface area contributed by atoms with Gasteiger partial charge < -0.3 is 10.6 Å². The van der Waals surface area contributed by atoms with Gasteiger partial charge in [-0.25, -0.2) is 0 Å². The highest BCUT2D eigenvalue weighted by atomic mass is 79.9. The molecule has 0 aliphatic rings. The van der Waals surface area contributed by atoms with Crippen molar-refractivity contribution in [3.63, 3.8) is 0 Å². The first kappa shape index (κ1) is 14.2. The molecule has 3 nitrogen and oxygen atoms in total. The SMILES string of the molecule is CCC(CNC)C(=O)Nc1ccc(C)c(Br)c1. The first-order chi connectivity index (χ1) is 8.08. The zero-order chi connectivity index (χ0) is 12.8. The first-order valence-electron chi connectivity index (χ1n) is 5.80. The van der Waals surface area contributed by atoms with Crippen LogP contribution >= 0.6 is 15.9 Å². The number of rotatable bonds is 5. The molecule has 0 heterocycles. The lowest BCUT2D eigenvalue weighted by Crippen LogP contribution is -2.30. The summed E-state index contributed by atoms with van der Waals surface area (Å²) in [4.78, 5) is 12.0. The van der Waals surface area contributed by atoms with Gasteiger partial charge in [0.2, 0.25) is 5.91 Å². The summed E-state index contributed by atoms with van der Waals surface area (Å²) >= 11 is 3.46. The van der Waals surface area contributed by atoms with Crippen LogP contribution in [-0.4, -0.2) is 19.5 Å². The third-order valence-electron chi connectivity index (χ3n) is 2.75. The molecule has 4 heteroatoms. The number of anilines is 1. The Balaban J connectivity index is 2.69. The third kappa shape index (κ3) is 4.13. The van der Waals surface area contributed by atoms with Crippen molar-refractivity contribution in [1.29, 1.82) is 0 Å². The van der Waals surface area contributed by atoms with E-state index in [1.807, 2.05) is 39.1 Å². The molecule has 1 rings (SSSR count). The molecule has 0 saturated carbocycles. The van der Waals surface area contributed by atoms with Gasteiger partial charge in [0.25, 0.3) is 0 Å². The van der Waals surface area contributed by atoms with Crippen molar-refractivity contribution in [2.24, 2.45) is 5.92 Å². The molecule has 0 aliphatic carbocycles. The molecule has 0 aliphatic heterocycles. The highest BCUT2D eigenvalue weighted by Crippen LogP contribution is 2.21. The zero-order valence-corrected chi connectivity index (χ0v) is 12.1. The van der Waals surface area contributed by atoms with Gasteiger partial charge >= 0.3 is 0 Å². The maximum atomic E-state index is 12.0. The number of nitrogens with one attached hydrogen (secondary N) is 2. The Labute approximate surface area is 111 Å². The van der Waals surface area contributed by atoms with Gasteiger partial charge in [0, 0.05) is 16.7 Å². The van der Waals surface area contributed by atoms with E-state index in [0.717, 1.165) is 22.1 Å². The second-order valence-electron chi connectivity index (χ2n) is 4.12. The largest absolute Gasteiger partial charge is 0.326 e. The fourth-order valence-electron chi connectivity index (χ4n) is 1.58. The van der Waals surface area contributed by atoms with Crippen molar-refractivity contribution >= 4 is 27.5 Å². The predicted octanol–water partition coefficient (Wildman–Crippen LogP) is 2.94. The van der Waals surface area contributed by atoms with Gasteiger partial charge in [0.15, 0.2) is 0 Å². The van der Waals surface area contributed by atoms with E-state index in [0.29, 0.717) is 6.54 Å². The summed E-state index contributed by atoms with van der Waals surface area (Å²) in [6.07, 6.45) is 0.833. The summed E-state index contributed by atoms with van der Waals surface area (Å²) in [7, 11) is 1.86. The number of amides is 1.